The molecule has 7 heteroatoms. The van der Waals surface area contributed by atoms with E-state index in [0.717, 1.165) is 35.0 Å². The number of halogens is 2. The van der Waals surface area contributed by atoms with Gasteiger partial charge in [0.05, 0.1) is 5.57 Å². The maximum Gasteiger partial charge on any atom is 0.221 e. The van der Waals surface area contributed by atoms with Crippen LogP contribution in [-0.4, -0.2) is 16.6 Å². The van der Waals surface area contributed by atoms with E-state index in [1.165, 1.54) is 17.4 Å². The minimum Gasteiger partial charge on any atom is -0.436 e. The summed E-state index contributed by atoms with van der Waals surface area (Å²) in [6, 6.07) is 19.3. The number of ketones is 2. The van der Waals surface area contributed by atoms with Crippen molar-refractivity contribution in [1.82, 2.24) is 4.98 Å². The first kappa shape index (κ1) is 19.8. The van der Waals surface area contributed by atoms with Crippen molar-refractivity contribution in [1.29, 1.82) is 0 Å². The first-order valence-electron chi connectivity index (χ1n) is 9.67. The quantitative estimate of drug-likeness (QED) is 0.163. The highest BCUT2D eigenvalue weighted by Crippen LogP contribution is 2.37. The average Bonchev–Trinajstić information content (AvgIpc) is 3.42. The van der Waals surface area contributed by atoms with Gasteiger partial charge in [0.25, 0.3) is 0 Å². The SMILES string of the molecule is O=C1C(=Cc2nc3sc(-c4ccccc4)cc3o2)C(=O)c2cc3cc(Br)c(Br)cc3cc21. The normalized spacial score (nSPS) is 13.4. The molecular weight excluding hydrogens is 554 g/mol. The number of hydrogen-bond donors (Lipinski definition) is 0. The number of aromatic nitrogens is 1. The van der Waals surface area contributed by atoms with Crippen LogP contribution < -0.4 is 0 Å². The Hall–Kier alpha value is -2.87. The van der Waals surface area contributed by atoms with Crippen LogP contribution in [0.1, 0.15) is 26.6 Å². The number of nitrogens with zero attached hydrogens (tertiary/aromatic N) is 1. The van der Waals surface area contributed by atoms with Gasteiger partial charge in [0.1, 0.15) is 0 Å². The molecule has 0 N–H and O–H groups in total. The number of thiophene rings is 1. The maximum atomic E-state index is 13.0. The molecule has 6 rings (SSSR count). The molecule has 2 aromatic heterocycles. The molecule has 2 heterocycles. The summed E-state index contributed by atoms with van der Waals surface area (Å²) in [6.45, 7) is 0. The highest BCUT2D eigenvalue weighted by Gasteiger charge is 2.34. The number of oxazole rings is 1. The molecule has 0 saturated heterocycles. The molecule has 0 fully saturated rings. The van der Waals surface area contributed by atoms with Crippen LogP contribution in [0.5, 0.6) is 0 Å². The number of hydrogen-bond acceptors (Lipinski definition) is 5. The van der Waals surface area contributed by atoms with Gasteiger partial charge >= 0.3 is 0 Å². The molecule has 154 valence electrons. The Kier molecular flexibility index (Phi) is 4.54. The second-order valence-electron chi connectivity index (χ2n) is 7.43. The van der Waals surface area contributed by atoms with Crippen molar-refractivity contribution in [2.24, 2.45) is 0 Å². The van der Waals surface area contributed by atoms with Crippen molar-refractivity contribution in [2.45, 2.75) is 0 Å². The molecule has 0 bridgehead atoms. The van der Waals surface area contributed by atoms with E-state index in [9.17, 15) is 9.59 Å². The van der Waals surface area contributed by atoms with Crippen LogP contribution in [0.25, 0.3) is 37.7 Å². The third kappa shape index (κ3) is 3.11. The van der Waals surface area contributed by atoms with Crippen LogP contribution in [0.4, 0.5) is 0 Å². The monoisotopic (exact) mass is 563 g/mol. The Bertz CT molecular complexity index is 1540. The number of fused-ring (bicyclic) bond motifs is 3. The minimum atomic E-state index is -0.308. The second-order valence-corrected chi connectivity index (χ2v) is 10.2. The maximum absolute atomic E-state index is 13.0. The molecule has 3 aromatic carbocycles. The minimum absolute atomic E-state index is 0.0747. The van der Waals surface area contributed by atoms with Gasteiger partial charge in [0.15, 0.2) is 22.0 Å². The third-order valence-corrected chi connectivity index (χ3v) is 8.33. The lowest BCUT2D eigenvalue weighted by molar-refractivity contribution is 0.0990. The van der Waals surface area contributed by atoms with Gasteiger partial charge < -0.3 is 4.42 Å². The Morgan fingerprint density at radius 1 is 0.844 bits per heavy atom. The average molecular weight is 565 g/mol. The summed E-state index contributed by atoms with van der Waals surface area (Å²) in [7, 11) is 0. The lowest BCUT2D eigenvalue weighted by atomic mass is 10.0. The zero-order valence-electron chi connectivity index (χ0n) is 16.2. The van der Waals surface area contributed by atoms with E-state index in [1.807, 2.05) is 48.5 Å². The summed E-state index contributed by atoms with van der Waals surface area (Å²) >= 11 is 8.48. The van der Waals surface area contributed by atoms with Gasteiger partial charge in [-0.1, -0.05) is 30.3 Å². The zero-order chi connectivity index (χ0) is 22.0. The van der Waals surface area contributed by atoms with Gasteiger partial charge in [-0.05, 0) is 72.5 Å². The molecule has 1 aliphatic carbocycles. The van der Waals surface area contributed by atoms with Crippen LogP contribution in [0.3, 0.4) is 0 Å². The fourth-order valence-electron chi connectivity index (χ4n) is 3.88. The summed E-state index contributed by atoms with van der Waals surface area (Å²) in [5.74, 6) is -0.361. The molecule has 5 aromatic rings. The molecule has 32 heavy (non-hydrogen) atoms. The summed E-state index contributed by atoms with van der Waals surface area (Å²) < 4.78 is 7.61. The Morgan fingerprint density at radius 2 is 1.47 bits per heavy atom. The molecule has 4 nitrogen and oxygen atoms in total. The highest BCUT2D eigenvalue weighted by molar-refractivity contribution is 9.13. The van der Waals surface area contributed by atoms with Gasteiger partial charge in [0, 0.05) is 37.1 Å². The van der Waals surface area contributed by atoms with E-state index in [2.05, 4.69) is 36.8 Å². The van der Waals surface area contributed by atoms with Crippen LogP contribution in [0.2, 0.25) is 0 Å². The van der Waals surface area contributed by atoms with Crippen LogP contribution in [0.15, 0.2) is 79.6 Å². The van der Waals surface area contributed by atoms with Crippen LogP contribution in [0, 0.1) is 0 Å². The van der Waals surface area contributed by atoms with Gasteiger partial charge in [-0.2, -0.15) is 4.98 Å². The largest absolute Gasteiger partial charge is 0.436 e. The summed E-state index contributed by atoms with van der Waals surface area (Å²) in [5.41, 5.74) is 2.61. The fourth-order valence-corrected chi connectivity index (χ4v) is 5.56. The summed E-state index contributed by atoms with van der Waals surface area (Å²) in [6.07, 6.45) is 1.45. The van der Waals surface area contributed by atoms with Crippen LogP contribution in [-0.2, 0) is 0 Å². The van der Waals surface area contributed by atoms with Gasteiger partial charge in [-0.3, -0.25) is 9.59 Å². The Balaban J connectivity index is 1.39. The number of carbonyl (C=O) groups is 2. The highest BCUT2D eigenvalue weighted by atomic mass is 79.9. The van der Waals surface area contributed by atoms with E-state index in [-0.39, 0.29) is 23.0 Å². The molecule has 0 radical (unpaired) electrons. The molecule has 0 aliphatic heterocycles. The standard InChI is InChI=1S/C25H11Br2NO3S/c26-18-8-13-6-15-16(7-14(13)9-19(18)27)24(30)17(23(15)29)10-22-28-25-20(31-22)11-21(32-25)12-4-2-1-3-5-12/h1-11H. The molecule has 0 amide bonds. The van der Waals surface area contributed by atoms with E-state index in [1.54, 1.807) is 12.1 Å². The van der Waals surface area contributed by atoms with Gasteiger partial charge in [0.2, 0.25) is 5.89 Å². The number of allylic oxidation sites excluding steroid dienone is 1. The first-order chi connectivity index (χ1) is 15.5. The van der Waals surface area contributed by atoms with Crippen molar-refractivity contribution in [3.8, 4) is 10.4 Å². The van der Waals surface area contributed by atoms with E-state index < -0.39 is 0 Å². The van der Waals surface area contributed by atoms with Gasteiger partial charge in [-0.15, -0.1) is 11.3 Å². The molecule has 1 aliphatic rings. The van der Waals surface area contributed by atoms with Crippen molar-refractivity contribution < 1.29 is 14.0 Å². The molecule has 0 spiro atoms. The zero-order valence-corrected chi connectivity index (χ0v) is 20.2. The van der Waals surface area contributed by atoms with E-state index in [4.69, 9.17) is 4.42 Å². The third-order valence-electron chi connectivity index (χ3n) is 5.43. The van der Waals surface area contributed by atoms with Gasteiger partial charge in [-0.25, -0.2) is 0 Å². The smallest absolute Gasteiger partial charge is 0.221 e. The van der Waals surface area contributed by atoms with E-state index in [0.29, 0.717) is 16.7 Å². The van der Waals surface area contributed by atoms with E-state index >= 15 is 0 Å². The number of carbonyl (C=O) groups excluding carboxylic acids is 2. The lowest BCUT2D eigenvalue weighted by Gasteiger charge is -2.04. The van der Waals surface area contributed by atoms with Crippen LogP contribution >= 0.6 is 43.2 Å². The number of benzene rings is 3. The fraction of sp³-hybridized carbons (Fsp3) is 0. The predicted molar refractivity (Wildman–Crippen MR) is 133 cm³/mol. The van der Waals surface area contributed by atoms with Crippen molar-refractivity contribution in [3.63, 3.8) is 0 Å². The molecule has 0 saturated carbocycles. The topological polar surface area (TPSA) is 60.2 Å². The molecule has 0 unspecified atom stereocenters. The number of rotatable bonds is 2. The van der Waals surface area contributed by atoms with Crippen molar-refractivity contribution in [3.05, 3.63) is 92.2 Å². The lowest BCUT2D eigenvalue weighted by Crippen LogP contribution is -2.00. The summed E-state index contributed by atoms with van der Waals surface area (Å²) in [4.78, 5) is 32.3. The van der Waals surface area contributed by atoms with Crippen molar-refractivity contribution >= 4 is 82.0 Å². The first-order valence-corrected chi connectivity index (χ1v) is 12.1. The molecule has 0 atom stereocenters. The Morgan fingerprint density at radius 3 is 2.06 bits per heavy atom. The predicted octanol–water partition coefficient (Wildman–Crippen LogP) is 7.70. The van der Waals surface area contributed by atoms with Crippen molar-refractivity contribution in [2.75, 3.05) is 0 Å². The summed E-state index contributed by atoms with van der Waals surface area (Å²) in [5, 5.41) is 1.76. The molecular formula is C25H11Br2NO3S. The second kappa shape index (κ2) is 7.33. The number of Topliss-reactive ketones (excluding diaryl/α,β-unsaturated/α-hetero) is 2. The Labute approximate surface area is 202 Å².